The second-order valence-corrected chi connectivity index (χ2v) is 3.96. The van der Waals surface area contributed by atoms with E-state index in [1.807, 2.05) is 13.1 Å². The molecule has 0 bridgehead atoms. The van der Waals surface area contributed by atoms with Crippen LogP contribution in [0.15, 0.2) is 12.1 Å². The van der Waals surface area contributed by atoms with Crippen molar-refractivity contribution in [3.63, 3.8) is 0 Å². The summed E-state index contributed by atoms with van der Waals surface area (Å²) in [6, 6.07) is 4.15. The van der Waals surface area contributed by atoms with Crippen LogP contribution in [0.25, 0.3) is 0 Å². The lowest BCUT2D eigenvalue weighted by Crippen LogP contribution is -2.09. The maximum absolute atomic E-state index is 5.80. The molecule has 0 saturated heterocycles. The van der Waals surface area contributed by atoms with Crippen molar-refractivity contribution < 1.29 is 9.47 Å². The summed E-state index contributed by atoms with van der Waals surface area (Å²) in [7, 11) is 1.96. The van der Waals surface area contributed by atoms with Gasteiger partial charge in [-0.1, -0.05) is 13.0 Å². The van der Waals surface area contributed by atoms with E-state index in [4.69, 9.17) is 9.47 Å². The molecule has 1 aromatic rings. The van der Waals surface area contributed by atoms with E-state index >= 15 is 0 Å². The summed E-state index contributed by atoms with van der Waals surface area (Å²) < 4.78 is 11.5. The van der Waals surface area contributed by atoms with Crippen LogP contribution in [0.5, 0.6) is 11.5 Å². The number of nitrogens with one attached hydrogen (secondary N) is 1. The Balaban J connectivity index is 2.41. The molecule has 0 atom stereocenters. The Kier molecular flexibility index (Phi) is 3.67. The number of rotatable bonds is 3. The van der Waals surface area contributed by atoms with E-state index in [0.29, 0.717) is 0 Å². The Morgan fingerprint density at radius 1 is 1.25 bits per heavy atom. The van der Waals surface area contributed by atoms with E-state index in [2.05, 4.69) is 18.3 Å². The van der Waals surface area contributed by atoms with E-state index in [9.17, 15) is 0 Å². The summed E-state index contributed by atoms with van der Waals surface area (Å²) in [6.07, 6.45) is 1.93. The SMILES string of the molecule is CCc1c(CNC)ccc2c1OCCCO2. The molecule has 3 nitrogen and oxygen atoms in total. The van der Waals surface area contributed by atoms with E-state index in [1.165, 1.54) is 11.1 Å². The normalized spacial score (nSPS) is 14.6. The number of hydrogen-bond donors (Lipinski definition) is 1. The third kappa shape index (κ3) is 2.14. The van der Waals surface area contributed by atoms with Crippen LogP contribution in [-0.2, 0) is 13.0 Å². The van der Waals surface area contributed by atoms with Gasteiger partial charge in [0.25, 0.3) is 0 Å². The molecule has 1 aliphatic rings. The Hall–Kier alpha value is -1.22. The topological polar surface area (TPSA) is 30.5 Å². The van der Waals surface area contributed by atoms with Crippen molar-refractivity contribution in [2.75, 3.05) is 20.3 Å². The lowest BCUT2D eigenvalue weighted by molar-refractivity contribution is 0.296. The van der Waals surface area contributed by atoms with Gasteiger partial charge in [-0.15, -0.1) is 0 Å². The van der Waals surface area contributed by atoms with Crippen LogP contribution >= 0.6 is 0 Å². The second kappa shape index (κ2) is 5.21. The molecular formula is C13H19NO2. The summed E-state index contributed by atoms with van der Waals surface area (Å²) in [4.78, 5) is 0. The van der Waals surface area contributed by atoms with Gasteiger partial charge >= 0.3 is 0 Å². The fourth-order valence-corrected chi connectivity index (χ4v) is 2.08. The molecule has 0 aromatic heterocycles. The van der Waals surface area contributed by atoms with E-state index in [-0.39, 0.29) is 0 Å². The summed E-state index contributed by atoms with van der Waals surface area (Å²) in [5.74, 6) is 1.85. The molecular weight excluding hydrogens is 202 g/mol. The Labute approximate surface area is 96.8 Å². The average Bonchev–Trinajstić information content (AvgIpc) is 2.54. The molecule has 0 unspecified atom stereocenters. The monoisotopic (exact) mass is 221 g/mol. The smallest absolute Gasteiger partial charge is 0.164 e. The molecule has 1 N–H and O–H groups in total. The zero-order chi connectivity index (χ0) is 11.4. The van der Waals surface area contributed by atoms with E-state index < -0.39 is 0 Å². The number of fused-ring (bicyclic) bond motifs is 1. The first-order valence-electron chi connectivity index (χ1n) is 5.91. The van der Waals surface area contributed by atoms with Crippen molar-refractivity contribution in [1.82, 2.24) is 5.32 Å². The lowest BCUT2D eigenvalue weighted by Gasteiger charge is -2.15. The van der Waals surface area contributed by atoms with Gasteiger partial charge < -0.3 is 14.8 Å². The zero-order valence-electron chi connectivity index (χ0n) is 10.0. The first-order valence-corrected chi connectivity index (χ1v) is 5.91. The van der Waals surface area contributed by atoms with Gasteiger partial charge in [0, 0.05) is 18.5 Å². The first kappa shape index (κ1) is 11.3. The maximum atomic E-state index is 5.80. The maximum Gasteiger partial charge on any atom is 0.164 e. The molecule has 0 fully saturated rings. The lowest BCUT2D eigenvalue weighted by atomic mass is 10.0. The third-order valence-corrected chi connectivity index (χ3v) is 2.83. The van der Waals surface area contributed by atoms with Crippen molar-refractivity contribution >= 4 is 0 Å². The minimum Gasteiger partial charge on any atom is -0.490 e. The van der Waals surface area contributed by atoms with E-state index in [0.717, 1.165) is 44.1 Å². The molecule has 0 spiro atoms. The van der Waals surface area contributed by atoms with Gasteiger partial charge in [-0.05, 0) is 25.1 Å². The second-order valence-electron chi connectivity index (χ2n) is 3.96. The van der Waals surface area contributed by atoms with Crippen LogP contribution in [-0.4, -0.2) is 20.3 Å². The van der Waals surface area contributed by atoms with Gasteiger partial charge in [-0.3, -0.25) is 0 Å². The molecule has 1 aromatic carbocycles. The average molecular weight is 221 g/mol. The molecule has 0 saturated carbocycles. The Morgan fingerprint density at radius 3 is 2.81 bits per heavy atom. The minimum absolute atomic E-state index is 0.752. The predicted octanol–water partition coefficient (Wildman–Crippen LogP) is 2.13. The molecule has 0 aliphatic carbocycles. The molecule has 3 heteroatoms. The van der Waals surface area contributed by atoms with Gasteiger partial charge in [0.2, 0.25) is 0 Å². The highest BCUT2D eigenvalue weighted by molar-refractivity contribution is 5.51. The van der Waals surface area contributed by atoms with Crippen LogP contribution < -0.4 is 14.8 Å². The van der Waals surface area contributed by atoms with Gasteiger partial charge in [-0.2, -0.15) is 0 Å². The van der Waals surface area contributed by atoms with Gasteiger partial charge in [-0.25, -0.2) is 0 Å². The summed E-state index contributed by atoms with van der Waals surface area (Å²) in [5, 5.41) is 3.18. The number of benzene rings is 1. The molecule has 1 aliphatic heterocycles. The van der Waals surface area contributed by atoms with Crippen molar-refractivity contribution in [2.45, 2.75) is 26.3 Å². The summed E-state index contributed by atoms with van der Waals surface area (Å²) in [6.45, 7) is 4.54. The molecule has 88 valence electrons. The van der Waals surface area contributed by atoms with Crippen molar-refractivity contribution in [1.29, 1.82) is 0 Å². The number of ether oxygens (including phenoxy) is 2. The summed E-state index contributed by atoms with van der Waals surface area (Å²) in [5.41, 5.74) is 2.57. The Bertz CT molecular complexity index is 363. The summed E-state index contributed by atoms with van der Waals surface area (Å²) >= 11 is 0. The van der Waals surface area contributed by atoms with Crippen LogP contribution in [0.1, 0.15) is 24.5 Å². The van der Waals surface area contributed by atoms with Crippen molar-refractivity contribution in [2.24, 2.45) is 0 Å². The standard InChI is InChI=1S/C13H19NO2/c1-3-11-10(9-14-2)5-6-12-13(11)16-8-4-7-15-12/h5-6,14H,3-4,7-9H2,1-2H3. The van der Waals surface area contributed by atoms with Crippen LogP contribution in [0.3, 0.4) is 0 Å². The van der Waals surface area contributed by atoms with Crippen molar-refractivity contribution in [3.8, 4) is 11.5 Å². The number of hydrogen-bond acceptors (Lipinski definition) is 3. The van der Waals surface area contributed by atoms with Crippen molar-refractivity contribution in [3.05, 3.63) is 23.3 Å². The molecule has 1 heterocycles. The minimum atomic E-state index is 0.752. The van der Waals surface area contributed by atoms with Gasteiger partial charge in [0.1, 0.15) is 0 Å². The largest absolute Gasteiger partial charge is 0.490 e. The highest BCUT2D eigenvalue weighted by atomic mass is 16.5. The fraction of sp³-hybridized carbons (Fsp3) is 0.538. The van der Waals surface area contributed by atoms with Gasteiger partial charge in [0.05, 0.1) is 13.2 Å². The van der Waals surface area contributed by atoms with Crippen LogP contribution in [0.2, 0.25) is 0 Å². The van der Waals surface area contributed by atoms with Crippen LogP contribution in [0.4, 0.5) is 0 Å². The quantitative estimate of drug-likeness (QED) is 0.848. The third-order valence-electron chi connectivity index (χ3n) is 2.83. The zero-order valence-corrected chi connectivity index (χ0v) is 10.0. The predicted molar refractivity (Wildman–Crippen MR) is 64.2 cm³/mol. The molecule has 0 amide bonds. The highest BCUT2D eigenvalue weighted by Gasteiger charge is 2.16. The Morgan fingerprint density at radius 2 is 2.06 bits per heavy atom. The highest BCUT2D eigenvalue weighted by Crippen LogP contribution is 2.35. The fourth-order valence-electron chi connectivity index (χ4n) is 2.08. The van der Waals surface area contributed by atoms with E-state index in [1.54, 1.807) is 0 Å². The first-order chi connectivity index (χ1) is 7.86. The van der Waals surface area contributed by atoms with Crippen LogP contribution in [0, 0.1) is 0 Å². The molecule has 2 rings (SSSR count). The van der Waals surface area contributed by atoms with Gasteiger partial charge in [0.15, 0.2) is 11.5 Å². The molecule has 0 radical (unpaired) electrons. The molecule has 16 heavy (non-hydrogen) atoms.